The Bertz CT molecular complexity index is 1090. The van der Waals surface area contributed by atoms with Gasteiger partial charge < -0.3 is 20.1 Å². The second-order valence-corrected chi connectivity index (χ2v) is 17.1. The Kier molecular flexibility index (Phi) is 43.0. The predicted molar refractivity (Wildman–Crippen MR) is 243 cm³/mol. The summed E-state index contributed by atoms with van der Waals surface area (Å²) in [5, 5.41) is 0. The number of ether oxygens (including phenoxy) is 2. The molecule has 0 aromatic carbocycles. The van der Waals surface area contributed by atoms with Crippen LogP contribution in [0.4, 0.5) is 0 Å². The standard InChI is InChI=1S/C48H88NO8P/c1-3-5-7-9-11-13-15-17-18-19-20-21-22-23-24-25-26-27-28-29-31-33-35-37-39-41-48(51)57-46(45-56-58(52,53)55-43-42-49)44-54-47(50)40-38-36-34-32-30-16-14-12-10-8-6-4-2/h5,7,11,13,17-18,20-21,46H,3-4,6,8-10,12,14-16,19,22-45,49H2,1-2H3,(H,52,53)/b7-5-,13-11-,18-17-,21-20-. The minimum Gasteiger partial charge on any atom is -0.462 e. The molecular formula is C48H88NO8P. The molecule has 338 valence electrons. The van der Waals surface area contributed by atoms with Gasteiger partial charge in [0.2, 0.25) is 0 Å². The van der Waals surface area contributed by atoms with Crippen LogP contribution in [0, 0.1) is 0 Å². The van der Waals surface area contributed by atoms with Crippen LogP contribution in [0.5, 0.6) is 0 Å². The molecule has 2 atom stereocenters. The van der Waals surface area contributed by atoms with Crippen LogP contribution >= 0.6 is 7.82 Å². The molecular weight excluding hydrogens is 750 g/mol. The molecule has 0 spiro atoms. The fourth-order valence-electron chi connectivity index (χ4n) is 6.51. The van der Waals surface area contributed by atoms with Crippen LogP contribution in [0.15, 0.2) is 48.6 Å². The van der Waals surface area contributed by atoms with Crippen LogP contribution in [0.1, 0.15) is 213 Å². The second-order valence-electron chi connectivity index (χ2n) is 15.6. The third-order valence-electron chi connectivity index (χ3n) is 9.98. The van der Waals surface area contributed by atoms with E-state index >= 15 is 0 Å². The molecule has 0 aromatic heterocycles. The molecule has 0 amide bonds. The number of nitrogens with two attached hydrogens (primary N) is 1. The molecule has 0 fully saturated rings. The highest BCUT2D eigenvalue weighted by Crippen LogP contribution is 2.43. The van der Waals surface area contributed by atoms with Crippen molar-refractivity contribution >= 4 is 19.8 Å². The lowest BCUT2D eigenvalue weighted by molar-refractivity contribution is -0.161. The summed E-state index contributed by atoms with van der Waals surface area (Å²) >= 11 is 0. The van der Waals surface area contributed by atoms with E-state index in [2.05, 4.69) is 62.5 Å². The number of hydrogen-bond acceptors (Lipinski definition) is 8. The highest BCUT2D eigenvalue weighted by molar-refractivity contribution is 7.47. The minimum atomic E-state index is -4.38. The molecule has 0 heterocycles. The van der Waals surface area contributed by atoms with Crippen LogP contribution in [0.25, 0.3) is 0 Å². The van der Waals surface area contributed by atoms with Crippen molar-refractivity contribution in [2.45, 2.75) is 219 Å². The largest absolute Gasteiger partial charge is 0.472 e. The van der Waals surface area contributed by atoms with E-state index in [0.717, 1.165) is 64.2 Å². The smallest absolute Gasteiger partial charge is 0.462 e. The van der Waals surface area contributed by atoms with Crippen molar-refractivity contribution in [3.8, 4) is 0 Å². The number of esters is 2. The predicted octanol–water partition coefficient (Wildman–Crippen LogP) is 13.9. The van der Waals surface area contributed by atoms with Gasteiger partial charge in [0, 0.05) is 19.4 Å². The van der Waals surface area contributed by atoms with E-state index in [9.17, 15) is 19.0 Å². The highest BCUT2D eigenvalue weighted by atomic mass is 31.2. The van der Waals surface area contributed by atoms with Crippen molar-refractivity contribution < 1.29 is 37.6 Å². The number of carbonyl (C=O) groups is 2. The maximum atomic E-state index is 12.6. The normalized spacial score (nSPS) is 13.7. The Morgan fingerprint density at radius 1 is 0.534 bits per heavy atom. The van der Waals surface area contributed by atoms with E-state index < -0.39 is 26.5 Å². The van der Waals surface area contributed by atoms with Gasteiger partial charge in [-0.05, 0) is 51.4 Å². The van der Waals surface area contributed by atoms with Gasteiger partial charge in [0.1, 0.15) is 6.61 Å². The average molecular weight is 838 g/mol. The highest BCUT2D eigenvalue weighted by Gasteiger charge is 2.26. The lowest BCUT2D eigenvalue weighted by Crippen LogP contribution is -2.29. The van der Waals surface area contributed by atoms with E-state index in [1.165, 1.54) is 116 Å². The second kappa shape index (κ2) is 44.5. The van der Waals surface area contributed by atoms with Crippen LogP contribution in [0.2, 0.25) is 0 Å². The molecule has 0 saturated carbocycles. The zero-order chi connectivity index (χ0) is 42.5. The first kappa shape index (κ1) is 56.0. The minimum absolute atomic E-state index is 0.0532. The summed E-state index contributed by atoms with van der Waals surface area (Å²) in [6.45, 7) is 3.63. The summed E-state index contributed by atoms with van der Waals surface area (Å²) in [6.07, 6.45) is 51.5. The number of hydrogen-bond donors (Lipinski definition) is 2. The van der Waals surface area contributed by atoms with Crippen LogP contribution in [-0.4, -0.2) is 49.3 Å². The Morgan fingerprint density at radius 3 is 1.41 bits per heavy atom. The van der Waals surface area contributed by atoms with Crippen molar-refractivity contribution in [1.29, 1.82) is 0 Å². The summed E-state index contributed by atoms with van der Waals surface area (Å²) < 4.78 is 32.8. The van der Waals surface area contributed by atoms with Gasteiger partial charge >= 0.3 is 19.8 Å². The van der Waals surface area contributed by atoms with Crippen molar-refractivity contribution in [2.75, 3.05) is 26.4 Å². The Morgan fingerprint density at radius 2 is 0.948 bits per heavy atom. The molecule has 58 heavy (non-hydrogen) atoms. The zero-order valence-electron chi connectivity index (χ0n) is 37.3. The lowest BCUT2D eigenvalue weighted by Gasteiger charge is -2.19. The average Bonchev–Trinajstić information content (AvgIpc) is 3.21. The van der Waals surface area contributed by atoms with E-state index in [1.54, 1.807) is 0 Å². The first-order valence-electron chi connectivity index (χ1n) is 23.6. The fraction of sp³-hybridized carbons (Fsp3) is 0.792. The molecule has 0 aliphatic rings. The number of carbonyl (C=O) groups excluding carboxylic acids is 2. The quantitative estimate of drug-likeness (QED) is 0.0266. The van der Waals surface area contributed by atoms with Crippen molar-refractivity contribution in [3.05, 3.63) is 48.6 Å². The first-order valence-corrected chi connectivity index (χ1v) is 25.1. The molecule has 9 nitrogen and oxygen atoms in total. The van der Waals surface area contributed by atoms with Gasteiger partial charge in [-0.2, -0.15) is 0 Å². The van der Waals surface area contributed by atoms with Gasteiger partial charge in [-0.25, -0.2) is 4.57 Å². The van der Waals surface area contributed by atoms with E-state index in [1.807, 2.05) is 0 Å². The van der Waals surface area contributed by atoms with Crippen molar-refractivity contribution in [3.63, 3.8) is 0 Å². The first-order chi connectivity index (χ1) is 28.3. The van der Waals surface area contributed by atoms with Gasteiger partial charge in [0.15, 0.2) is 6.10 Å². The SMILES string of the molecule is CC/C=C\C/C=C\C/C=C\C/C=C\CCCCCCCCCCCCCCC(=O)OC(COC(=O)CCCCCCCCCCCCCC)COP(=O)(O)OCCN. The topological polar surface area (TPSA) is 134 Å². The molecule has 0 saturated heterocycles. The number of phosphoric ester groups is 1. The van der Waals surface area contributed by atoms with Gasteiger partial charge in [0.25, 0.3) is 0 Å². The van der Waals surface area contributed by atoms with E-state index in [0.29, 0.717) is 6.42 Å². The zero-order valence-corrected chi connectivity index (χ0v) is 38.2. The van der Waals surface area contributed by atoms with E-state index in [-0.39, 0.29) is 38.6 Å². The molecule has 10 heteroatoms. The number of allylic oxidation sites excluding steroid dienone is 8. The molecule has 3 N–H and O–H groups in total. The maximum Gasteiger partial charge on any atom is 0.472 e. The summed E-state index contributed by atoms with van der Waals surface area (Å²) in [4.78, 5) is 34.9. The number of unbranched alkanes of at least 4 members (excludes halogenated alkanes) is 23. The molecule has 0 aromatic rings. The van der Waals surface area contributed by atoms with Gasteiger partial charge in [-0.1, -0.05) is 197 Å². The van der Waals surface area contributed by atoms with Crippen LogP contribution < -0.4 is 5.73 Å². The fourth-order valence-corrected chi connectivity index (χ4v) is 7.27. The van der Waals surface area contributed by atoms with Gasteiger partial charge in [0.05, 0.1) is 13.2 Å². The van der Waals surface area contributed by atoms with Crippen molar-refractivity contribution in [1.82, 2.24) is 0 Å². The van der Waals surface area contributed by atoms with Crippen molar-refractivity contribution in [2.24, 2.45) is 5.73 Å². The lowest BCUT2D eigenvalue weighted by atomic mass is 10.0. The number of phosphoric acid groups is 1. The van der Waals surface area contributed by atoms with Crippen LogP contribution in [-0.2, 0) is 32.7 Å². The summed E-state index contributed by atoms with van der Waals surface area (Å²) in [7, 11) is -4.38. The third kappa shape index (κ3) is 43.5. The number of rotatable bonds is 44. The van der Waals surface area contributed by atoms with Crippen LogP contribution in [0.3, 0.4) is 0 Å². The summed E-state index contributed by atoms with van der Waals surface area (Å²) in [5.41, 5.74) is 5.35. The molecule has 0 rings (SSSR count). The molecule has 2 unspecified atom stereocenters. The Labute approximate surface area is 356 Å². The van der Waals surface area contributed by atoms with Gasteiger partial charge in [-0.3, -0.25) is 18.6 Å². The van der Waals surface area contributed by atoms with Gasteiger partial charge in [-0.15, -0.1) is 0 Å². The summed E-state index contributed by atoms with van der Waals surface area (Å²) in [5.74, 6) is -0.826. The molecule has 0 radical (unpaired) electrons. The molecule has 0 aliphatic carbocycles. The maximum absolute atomic E-state index is 12.6. The Hall–Kier alpha value is -2.03. The Balaban J connectivity index is 4.02. The third-order valence-corrected chi connectivity index (χ3v) is 11.0. The monoisotopic (exact) mass is 838 g/mol. The molecule has 0 bridgehead atoms. The van der Waals surface area contributed by atoms with E-state index in [4.69, 9.17) is 24.3 Å². The molecule has 0 aliphatic heterocycles. The summed E-state index contributed by atoms with van der Waals surface area (Å²) in [6, 6.07) is 0.